The van der Waals surface area contributed by atoms with Crippen molar-refractivity contribution in [2.75, 3.05) is 37.5 Å². The van der Waals surface area contributed by atoms with E-state index < -0.39 is 0 Å². The molecule has 20 heavy (non-hydrogen) atoms. The number of ether oxygens (including phenoxy) is 2. The molecule has 1 N–H and O–H groups in total. The minimum Gasteiger partial charge on any atom is -0.493 e. The van der Waals surface area contributed by atoms with Gasteiger partial charge in [0.25, 0.3) is 0 Å². The number of thiophene rings is 1. The van der Waals surface area contributed by atoms with Gasteiger partial charge in [0, 0.05) is 30.1 Å². The lowest BCUT2D eigenvalue weighted by Gasteiger charge is -2.32. The number of benzene rings is 1. The standard InChI is InChI=1S/C15H18N2O2S/c1-18-14-8-12-13(9-15(14)19-2)17(6-5-16-12)10-11-4-3-7-20-11/h3-4,7-9,16H,5-6,10H2,1-2H3. The maximum Gasteiger partial charge on any atom is 0.162 e. The van der Waals surface area contributed by atoms with E-state index in [4.69, 9.17) is 9.47 Å². The Hall–Kier alpha value is -1.88. The van der Waals surface area contributed by atoms with Gasteiger partial charge < -0.3 is 19.7 Å². The third-order valence-electron chi connectivity index (χ3n) is 3.47. The molecular formula is C15H18N2O2S. The van der Waals surface area contributed by atoms with E-state index >= 15 is 0 Å². The highest BCUT2D eigenvalue weighted by Gasteiger charge is 2.20. The second-order valence-corrected chi connectivity index (χ2v) is 5.68. The van der Waals surface area contributed by atoms with Crippen LogP contribution in [0.4, 0.5) is 11.4 Å². The summed E-state index contributed by atoms with van der Waals surface area (Å²) in [5.41, 5.74) is 2.27. The Morgan fingerprint density at radius 1 is 1.25 bits per heavy atom. The summed E-state index contributed by atoms with van der Waals surface area (Å²) in [6.07, 6.45) is 0. The lowest BCUT2D eigenvalue weighted by Crippen LogP contribution is -2.33. The first kappa shape index (κ1) is 13.1. The van der Waals surface area contributed by atoms with Crippen molar-refractivity contribution in [2.45, 2.75) is 6.54 Å². The third kappa shape index (κ3) is 2.41. The molecule has 1 aliphatic rings. The monoisotopic (exact) mass is 290 g/mol. The van der Waals surface area contributed by atoms with E-state index in [1.807, 2.05) is 12.1 Å². The van der Waals surface area contributed by atoms with Crippen molar-refractivity contribution in [3.63, 3.8) is 0 Å². The summed E-state index contributed by atoms with van der Waals surface area (Å²) in [7, 11) is 3.33. The van der Waals surface area contributed by atoms with Crippen LogP contribution in [0.25, 0.3) is 0 Å². The molecule has 0 atom stereocenters. The van der Waals surface area contributed by atoms with Crippen molar-refractivity contribution in [1.82, 2.24) is 0 Å². The van der Waals surface area contributed by atoms with Crippen LogP contribution in [-0.2, 0) is 6.54 Å². The topological polar surface area (TPSA) is 33.7 Å². The summed E-state index contributed by atoms with van der Waals surface area (Å²) < 4.78 is 10.8. The Balaban J connectivity index is 1.94. The molecule has 4 nitrogen and oxygen atoms in total. The van der Waals surface area contributed by atoms with Gasteiger partial charge in [0.2, 0.25) is 0 Å². The molecule has 0 amide bonds. The van der Waals surface area contributed by atoms with E-state index in [0.717, 1.165) is 36.8 Å². The largest absolute Gasteiger partial charge is 0.493 e. The highest BCUT2D eigenvalue weighted by molar-refractivity contribution is 7.09. The fourth-order valence-corrected chi connectivity index (χ4v) is 3.19. The van der Waals surface area contributed by atoms with Crippen LogP contribution in [-0.4, -0.2) is 27.3 Å². The third-order valence-corrected chi connectivity index (χ3v) is 4.33. The number of rotatable bonds is 4. The Bertz CT molecular complexity index is 584. The van der Waals surface area contributed by atoms with E-state index in [2.05, 4.69) is 27.7 Å². The van der Waals surface area contributed by atoms with Crippen molar-refractivity contribution >= 4 is 22.7 Å². The van der Waals surface area contributed by atoms with Crippen LogP contribution in [0.2, 0.25) is 0 Å². The number of methoxy groups -OCH3 is 2. The fraction of sp³-hybridized carbons (Fsp3) is 0.333. The Kier molecular flexibility index (Phi) is 3.69. The van der Waals surface area contributed by atoms with Crippen LogP contribution < -0.4 is 19.7 Å². The number of anilines is 2. The Labute approximate surface area is 122 Å². The average Bonchev–Trinajstić information content (AvgIpc) is 2.99. The van der Waals surface area contributed by atoms with Gasteiger partial charge in [0.15, 0.2) is 11.5 Å². The van der Waals surface area contributed by atoms with E-state index in [0.29, 0.717) is 0 Å². The molecule has 0 radical (unpaired) electrons. The zero-order valence-electron chi connectivity index (χ0n) is 11.7. The first-order chi connectivity index (χ1) is 9.81. The van der Waals surface area contributed by atoms with E-state index in [1.165, 1.54) is 10.6 Å². The fourth-order valence-electron chi connectivity index (χ4n) is 2.47. The van der Waals surface area contributed by atoms with Crippen molar-refractivity contribution < 1.29 is 9.47 Å². The molecule has 3 rings (SSSR count). The molecule has 0 aliphatic carbocycles. The molecule has 5 heteroatoms. The van der Waals surface area contributed by atoms with Gasteiger partial charge in [0.05, 0.1) is 32.1 Å². The Morgan fingerprint density at radius 3 is 2.75 bits per heavy atom. The number of fused-ring (bicyclic) bond motifs is 1. The number of hydrogen-bond donors (Lipinski definition) is 1. The molecule has 0 spiro atoms. The van der Waals surface area contributed by atoms with Crippen LogP contribution in [0.3, 0.4) is 0 Å². The summed E-state index contributed by atoms with van der Waals surface area (Å²) in [5, 5.41) is 5.54. The first-order valence-electron chi connectivity index (χ1n) is 6.59. The highest BCUT2D eigenvalue weighted by atomic mass is 32.1. The molecule has 0 saturated heterocycles. The molecule has 1 aliphatic heterocycles. The highest BCUT2D eigenvalue weighted by Crippen LogP contribution is 2.40. The summed E-state index contributed by atoms with van der Waals surface area (Å²) >= 11 is 1.79. The van der Waals surface area contributed by atoms with Gasteiger partial charge in [0.1, 0.15) is 0 Å². The number of hydrogen-bond acceptors (Lipinski definition) is 5. The maximum absolute atomic E-state index is 5.41. The van der Waals surface area contributed by atoms with Crippen molar-refractivity contribution in [1.29, 1.82) is 0 Å². The van der Waals surface area contributed by atoms with Crippen LogP contribution in [0.15, 0.2) is 29.6 Å². The smallest absolute Gasteiger partial charge is 0.162 e. The maximum atomic E-state index is 5.41. The van der Waals surface area contributed by atoms with Gasteiger partial charge in [-0.2, -0.15) is 0 Å². The van der Waals surface area contributed by atoms with Crippen LogP contribution >= 0.6 is 11.3 Å². The van der Waals surface area contributed by atoms with Crippen molar-refractivity contribution in [3.8, 4) is 11.5 Å². The van der Waals surface area contributed by atoms with Gasteiger partial charge in [-0.3, -0.25) is 0 Å². The van der Waals surface area contributed by atoms with Gasteiger partial charge in [-0.15, -0.1) is 11.3 Å². The molecule has 0 fully saturated rings. The van der Waals surface area contributed by atoms with Crippen molar-refractivity contribution in [2.24, 2.45) is 0 Å². The zero-order chi connectivity index (χ0) is 13.9. The predicted molar refractivity (Wildman–Crippen MR) is 83.4 cm³/mol. The first-order valence-corrected chi connectivity index (χ1v) is 7.47. The van der Waals surface area contributed by atoms with Gasteiger partial charge >= 0.3 is 0 Å². The predicted octanol–water partition coefficient (Wildman–Crippen LogP) is 3.20. The van der Waals surface area contributed by atoms with Gasteiger partial charge in [-0.25, -0.2) is 0 Å². The molecule has 0 bridgehead atoms. The summed E-state index contributed by atoms with van der Waals surface area (Å²) in [6, 6.07) is 8.33. The van der Waals surface area contributed by atoms with Crippen LogP contribution in [0, 0.1) is 0 Å². The molecule has 1 aromatic heterocycles. The molecular weight excluding hydrogens is 272 g/mol. The van der Waals surface area contributed by atoms with E-state index in [1.54, 1.807) is 25.6 Å². The summed E-state index contributed by atoms with van der Waals surface area (Å²) in [4.78, 5) is 3.74. The molecule has 0 unspecified atom stereocenters. The second kappa shape index (κ2) is 5.63. The van der Waals surface area contributed by atoms with E-state index in [-0.39, 0.29) is 0 Å². The molecule has 106 valence electrons. The Morgan fingerprint density at radius 2 is 2.05 bits per heavy atom. The lowest BCUT2D eigenvalue weighted by molar-refractivity contribution is 0.355. The normalized spacial score (nSPS) is 13.6. The van der Waals surface area contributed by atoms with Gasteiger partial charge in [-0.05, 0) is 11.4 Å². The molecule has 2 aromatic rings. The molecule has 1 aromatic carbocycles. The summed E-state index contributed by atoms with van der Waals surface area (Å²) in [5.74, 6) is 1.53. The average molecular weight is 290 g/mol. The lowest BCUT2D eigenvalue weighted by atomic mass is 10.1. The molecule has 0 saturated carbocycles. The minimum absolute atomic E-state index is 0.761. The second-order valence-electron chi connectivity index (χ2n) is 4.65. The number of nitrogens with one attached hydrogen (secondary N) is 1. The van der Waals surface area contributed by atoms with E-state index in [9.17, 15) is 0 Å². The zero-order valence-corrected chi connectivity index (χ0v) is 12.5. The summed E-state index contributed by atoms with van der Waals surface area (Å²) in [6.45, 7) is 2.86. The van der Waals surface area contributed by atoms with Crippen LogP contribution in [0.5, 0.6) is 11.5 Å². The van der Waals surface area contributed by atoms with Gasteiger partial charge in [-0.1, -0.05) is 6.07 Å². The number of nitrogens with zero attached hydrogens (tertiary/aromatic N) is 1. The molecule has 2 heterocycles. The quantitative estimate of drug-likeness (QED) is 0.937. The minimum atomic E-state index is 0.761. The van der Waals surface area contributed by atoms with Crippen LogP contribution in [0.1, 0.15) is 4.88 Å². The van der Waals surface area contributed by atoms with Crippen molar-refractivity contribution in [3.05, 3.63) is 34.5 Å². The SMILES string of the molecule is COc1cc2c(cc1OC)N(Cc1cccs1)CCN2.